The normalized spacial score (nSPS) is 10.6. The van der Waals surface area contributed by atoms with E-state index in [0.29, 0.717) is 0 Å². The van der Waals surface area contributed by atoms with Crippen LogP contribution in [0, 0.1) is 6.92 Å². The van der Waals surface area contributed by atoms with E-state index in [1.807, 2.05) is 24.6 Å². The topological polar surface area (TPSA) is 59.3 Å². The van der Waals surface area contributed by atoms with E-state index in [9.17, 15) is 9.59 Å². The van der Waals surface area contributed by atoms with Crippen molar-refractivity contribution in [2.75, 3.05) is 0 Å². The molecule has 82 valence electrons. The molecule has 0 bridgehead atoms. The fourth-order valence-electron chi connectivity index (χ4n) is 1.73. The van der Waals surface area contributed by atoms with Crippen molar-refractivity contribution < 1.29 is 14.7 Å². The highest BCUT2D eigenvalue weighted by Crippen LogP contribution is 2.19. The van der Waals surface area contributed by atoms with Gasteiger partial charge in [0.15, 0.2) is 0 Å². The zero-order chi connectivity index (χ0) is 11.9. The molecular weight excluding hydrogens is 206 g/mol. The highest BCUT2D eigenvalue weighted by molar-refractivity contribution is 6.40. The van der Waals surface area contributed by atoms with Crippen LogP contribution in [0.1, 0.15) is 16.1 Å². The third-order valence-electron chi connectivity index (χ3n) is 2.74. The van der Waals surface area contributed by atoms with Crippen LogP contribution in [0.5, 0.6) is 0 Å². The molecule has 1 aromatic heterocycles. The maximum atomic E-state index is 11.3. The summed E-state index contributed by atoms with van der Waals surface area (Å²) in [6.45, 7) is 1.96. The number of nitrogens with zero attached hydrogens (tertiary/aromatic N) is 1. The second-order valence-electron chi connectivity index (χ2n) is 3.75. The third kappa shape index (κ3) is 1.48. The third-order valence-corrected chi connectivity index (χ3v) is 2.74. The highest BCUT2D eigenvalue weighted by Gasteiger charge is 2.15. The van der Waals surface area contributed by atoms with E-state index in [0.717, 1.165) is 16.6 Å². The lowest BCUT2D eigenvalue weighted by Crippen LogP contribution is -2.12. The summed E-state index contributed by atoms with van der Waals surface area (Å²) >= 11 is 0. The minimum Gasteiger partial charge on any atom is -0.475 e. The lowest BCUT2D eigenvalue weighted by atomic mass is 10.1. The maximum absolute atomic E-state index is 11.3. The number of hydrogen-bond acceptors (Lipinski definition) is 2. The summed E-state index contributed by atoms with van der Waals surface area (Å²) in [5, 5.41) is 9.63. The van der Waals surface area contributed by atoms with Crippen molar-refractivity contribution >= 4 is 22.7 Å². The Morgan fingerprint density at radius 3 is 2.56 bits per heavy atom. The second kappa shape index (κ2) is 3.48. The van der Waals surface area contributed by atoms with Gasteiger partial charge in [0.1, 0.15) is 0 Å². The molecule has 1 heterocycles. The van der Waals surface area contributed by atoms with E-state index >= 15 is 0 Å². The Labute approximate surface area is 92.1 Å². The van der Waals surface area contributed by atoms with Gasteiger partial charge in [-0.1, -0.05) is 12.1 Å². The number of ketones is 1. The summed E-state index contributed by atoms with van der Waals surface area (Å²) in [4.78, 5) is 21.9. The number of carbonyl (C=O) groups excluding carboxylic acids is 1. The Morgan fingerprint density at radius 2 is 1.94 bits per heavy atom. The van der Waals surface area contributed by atoms with Gasteiger partial charge in [-0.15, -0.1) is 0 Å². The van der Waals surface area contributed by atoms with Crippen LogP contribution in [0.15, 0.2) is 24.3 Å². The SMILES string of the molecule is Cc1cc2ccc(C(=O)C(=O)O)cc2n1C. The molecule has 1 aromatic carbocycles. The molecular formula is C12H11NO3. The van der Waals surface area contributed by atoms with Gasteiger partial charge in [0, 0.05) is 23.8 Å². The number of hydrogen-bond donors (Lipinski definition) is 1. The van der Waals surface area contributed by atoms with Gasteiger partial charge in [-0.3, -0.25) is 4.79 Å². The number of Topliss-reactive ketones (excluding diaryl/α,β-unsaturated/α-hetero) is 1. The second-order valence-corrected chi connectivity index (χ2v) is 3.75. The minimum atomic E-state index is -1.43. The molecule has 0 aliphatic rings. The monoisotopic (exact) mass is 217 g/mol. The molecule has 4 heteroatoms. The Morgan fingerprint density at radius 1 is 1.25 bits per heavy atom. The lowest BCUT2D eigenvalue weighted by Gasteiger charge is -2.00. The molecule has 1 N–H and O–H groups in total. The van der Waals surface area contributed by atoms with Gasteiger partial charge in [-0.05, 0) is 24.4 Å². The summed E-state index contributed by atoms with van der Waals surface area (Å²) in [7, 11) is 1.88. The molecule has 0 fully saturated rings. The van der Waals surface area contributed by atoms with Crippen LogP contribution in [0.3, 0.4) is 0 Å². The van der Waals surface area contributed by atoms with Crippen molar-refractivity contribution in [2.24, 2.45) is 7.05 Å². The van der Waals surface area contributed by atoms with Crippen molar-refractivity contribution in [3.8, 4) is 0 Å². The number of aliphatic carboxylic acids is 1. The minimum absolute atomic E-state index is 0.209. The number of carboxylic acids is 1. The van der Waals surface area contributed by atoms with Crippen LogP contribution >= 0.6 is 0 Å². The fourth-order valence-corrected chi connectivity index (χ4v) is 1.73. The van der Waals surface area contributed by atoms with Gasteiger partial charge in [0.05, 0.1) is 0 Å². The number of aryl methyl sites for hydroxylation is 2. The van der Waals surface area contributed by atoms with Crippen LogP contribution < -0.4 is 0 Å². The van der Waals surface area contributed by atoms with Crippen molar-refractivity contribution in [1.82, 2.24) is 4.57 Å². The van der Waals surface area contributed by atoms with E-state index < -0.39 is 11.8 Å². The molecule has 2 rings (SSSR count). The van der Waals surface area contributed by atoms with E-state index in [4.69, 9.17) is 5.11 Å². The predicted molar refractivity (Wildman–Crippen MR) is 59.6 cm³/mol. The molecule has 0 atom stereocenters. The molecule has 2 aromatic rings. The Hall–Kier alpha value is -2.10. The summed E-state index contributed by atoms with van der Waals surface area (Å²) in [6, 6.07) is 6.90. The van der Waals surface area contributed by atoms with Crippen molar-refractivity contribution in [3.05, 3.63) is 35.5 Å². The zero-order valence-electron chi connectivity index (χ0n) is 9.02. The van der Waals surface area contributed by atoms with Crippen molar-refractivity contribution in [2.45, 2.75) is 6.92 Å². The predicted octanol–water partition coefficient (Wildman–Crippen LogP) is 1.75. The quantitative estimate of drug-likeness (QED) is 0.615. The van der Waals surface area contributed by atoms with Gasteiger partial charge in [-0.2, -0.15) is 0 Å². The van der Waals surface area contributed by atoms with Gasteiger partial charge < -0.3 is 9.67 Å². The number of rotatable bonds is 2. The van der Waals surface area contributed by atoms with Crippen molar-refractivity contribution in [1.29, 1.82) is 0 Å². The smallest absolute Gasteiger partial charge is 0.377 e. The van der Waals surface area contributed by atoms with Crippen LogP contribution in [0.4, 0.5) is 0 Å². The number of carbonyl (C=O) groups is 2. The molecule has 16 heavy (non-hydrogen) atoms. The Bertz CT molecular complexity index is 596. The largest absolute Gasteiger partial charge is 0.475 e. The van der Waals surface area contributed by atoms with E-state index in [2.05, 4.69) is 0 Å². The summed E-state index contributed by atoms with van der Waals surface area (Å²) in [5.41, 5.74) is 2.14. The zero-order valence-corrected chi connectivity index (χ0v) is 9.02. The van der Waals surface area contributed by atoms with Gasteiger partial charge in [-0.25, -0.2) is 4.79 Å². The van der Waals surface area contributed by atoms with Gasteiger partial charge >= 0.3 is 5.97 Å². The van der Waals surface area contributed by atoms with E-state index in [-0.39, 0.29) is 5.56 Å². The molecule has 0 aliphatic carbocycles. The van der Waals surface area contributed by atoms with E-state index in [1.165, 1.54) is 6.07 Å². The molecule has 0 aliphatic heterocycles. The first-order valence-electron chi connectivity index (χ1n) is 4.84. The van der Waals surface area contributed by atoms with Crippen LogP contribution in [-0.2, 0) is 11.8 Å². The summed E-state index contributed by atoms with van der Waals surface area (Å²) in [6.07, 6.45) is 0. The standard InChI is InChI=1S/C12H11NO3/c1-7-5-8-3-4-9(11(14)12(15)16)6-10(8)13(7)2/h3-6H,1-2H3,(H,15,16). The van der Waals surface area contributed by atoms with Crippen LogP contribution in [0.25, 0.3) is 10.9 Å². The van der Waals surface area contributed by atoms with Crippen molar-refractivity contribution in [3.63, 3.8) is 0 Å². The molecule has 0 saturated carbocycles. The molecule has 4 nitrogen and oxygen atoms in total. The number of benzene rings is 1. The van der Waals surface area contributed by atoms with E-state index in [1.54, 1.807) is 12.1 Å². The van der Waals surface area contributed by atoms with Gasteiger partial charge in [0.25, 0.3) is 5.78 Å². The fraction of sp³-hybridized carbons (Fsp3) is 0.167. The molecule has 0 unspecified atom stereocenters. The molecule has 0 saturated heterocycles. The molecule has 0 amide bonds. The lowest BCUT2D eigenvalue weighted by molar-refractivity contribution is -0.131. The number of aromatic nitrogens is 1. The average Bonchev–Trinajstić information content (AvgIpc) is 2.53. The molecule has 0 radical (unpaired) electrons. The van der Waals surface area contributed by atoms with Crippen LogP contribution in [0.2, 0.25) is 0 Å². The Balaban J connectivity index is 2.63. The van der Waals surface area contributed by atoms with Gasteiger partial charge in [0.2, 0.25) is 0 Å². The maximum Gasteiger partial charge on any atom is 0.377 e. The molecule has 0 spiro atoms. The van der Waals surface area contributed by atoms with Crippen LogP contribution in [-0.4, -0.2) is 21.4 Å². The first-order chi connectivity index (χ1) is 7.50. The Kier molecular flexibility index (Phi) is 2.27. The first-order valence-corrected chi connectivity index (χ1v) is 4.84. The average molecular weight is 217 g/mol. The number of fused-ring (bicyclic) bond motifs is 1. The first kappa shape index (κ1) is 10.4. The highest BCUT2D eigenvalue weighted by atomic mass is 16.4. The summed E-state index contributed by atoms with van der Waals surface area (Å²) < 4.78 is 1.92. The summed E-state index contributed by atoms with van der Waals surface area (Å²) in [5.74, 6) is -2.30. The number of carboxylic acid groups (broad SMARTS) is 1.